The average molecular weight is 488 g/mol. The molecule has 1 aliphatic rings. The zero-order valence-electron chi connectivity index (χ0n) is 17.4. The van der Waals surface area contributed by atoms with Crippen LogP contribution in [0.25, 0.3) is 10.9 Å². The summed E-state index contributed by atoms with van der Waals surface area (Å²) in [5.41, 5.74) is 0.957. The third-order valence-corrected chi connectivity index (χ3v) is 7.53. The van der Waals surface area contributed by atoms with Crippen molar-refractivity contribution in [3.63, 3.8) is 0 Å². The summed E-state index contributed by atoms with van der Waals surface area (Å²) in [6.45, 7) is 13.2. The van der Waals surface area contributed by atoms with Crippen LogP contribution in [0.15, 0.2) is 22.8 Å². The normalized spacial score (nSPS) is 19.9. The fraction of sp³-hybridized carbons (Fsp3) is 0.632. The van der Waals surface area contributed by atoms with Crippen LogP contribution in [0.2, 0.25) is 13.1 Å². The van der Waals surface area contributed by atoms with Gasteiger partial charge in [0.05, 0.1) is 22.8 Å². The molecule has 28 heavy (non-hydrogen) atoms. The molecule has 0 aliphatic carbocycles. The molecule has 0 saturated carbocycles. The Hall–Kier alpha value is -0.716. The average Bonchev–Trinajstić information content (AvgIpc) is 3.40. The number of fused-ring (bicyclic) bond motifs is 1. The van der Waals surface area contributed by atoms with Crippen molar-refractivity contribution in [3.8, 4) is 5.75 Å². The van der Waals surface area contributed by atoms with Crippen LogP contribution in [0.3, 0.4) is 0 Å². The Kier molecular flexibility index (Phi) is 7.38. The summed E-state index contributed by atoms with van der Waals surface area (Å²) in [4.78, 5) is 0. The van der Waals surface area contributed by atoms with Crippen LogP contribution in [0.5, 0.6) is 5.75 Å². The lowest BCUT2D eigenvalue weighted by Crippen LogP contribution is -2.42. The van der Waals surface area contributed by atoms with Gasteiger partial charge in [0.15, 0.2) is 19.5 Å². The summed E-state index contributed by atoms with van der Waals surface area (Å²) in [7, 11) is -1.08. The highest BCUT2D eigenvalue weighted by Crippen LogP contribution is 2.37. The molecule has 2 heterocycles. The molecular formula is C19H31BrN2O4Si2. The number of benzene rings is 1. The number of aromatic nitrogens is 2. The van der Waals surface area contributed by atoms with E-state index in [-0.39, 0.29) is 17.8 Å². The molecule has 1 fully saturated rings. The molecule has 2 atom stereocenters. The van der Waals surface area contributed by atoms with E-state index in [0.29, 0.717) is 12.5 Å². The van der Waals surface area contributed by atoms with Gasteiger partial charge in [-0.1, -0.05) is 33.9 Å². The van der Waals surface area contributed by atoms with Crippen LogP contribution < -0.4 is 4.74 Å². The molecule has 0 bridgehead atoms. The summed E-state index contributed by atoms with van der Waals surface area (Å²) in [5.74, 6) is 1.15. The maximum atomic E-state index is 6.06. The van der Waals surface area contributed by atoms with Gasteiger partial charge in [0, 0.05) is 17.3 Å². The van der Waals surface area contributed by atoms with Crippen molar-refractivity contribution in [3.05, 3.63) is 22.8 Å². The second-order valence-corrected chi connectivity index (χ2v) is 10.5. The molecule has 6 nitrogen and oxygen atoms in total. The van der Waals surface area contributed by atoms with Gasteiger partial charge in [0.25, 0.3) is 0 Å². The van der Waals surface area contributed by atoms with Crippen molar-refractivity contribution < 1.29 is 18.3 Å². The van der Waals surface area contributed by atoms with E-state index in [1.807, 2.05) is 12.3 Å². The van der Waals surface area contributed by atoms with Gasteiger partial charge in [-0.05, 0) is 34.0 Å². The first-order valence-corrected chi connectivity index (χ1v) is 14.8. The van der Waals surface area contributed by atoms with Crippen LogP contribution in [-0.2, 0) is 20.1 Å². The Morgan fingerprint density at radius 1 is 1.32 bits per heavy atom. The van der Waals surface area contributed by atoms with Gasteiger partial charge in [0.2, 0.25) is 0 Å². The lowest BCUT2D eigenvalue weighted by Gasteiger charge is -2.39. The predicted molar refractivity (Wildman–Crippen MR) is 120 cm³/mol. The molecule has 0 N–H and O–H groups in total. The molecule has 1 aromatic carbocycles. The zero-order chi connectivity index (χ0) is 20.3. The first-order valence-electron chi connectivity index (χ1n) is 10.00. The van der Waals surface area contributed by atoms with Gasteiger partial charge < -0.3 is 18.3 Å². The fourth-order valence-electron chi connectivity index (χ4n) is 3.22. The summed E-state index contributed by atoms with van der Waals surface area (Å²) in [6.07, 6.45) is 2.02. The van der Waals surface area contributed by atoms with Gasteiger partial charge in [-0.25, -0.2) is 0 Å². The van der Waals surface area contributed by atoms with Crippen molar-refractivity contribution in [2.24, 2.45) is 11.3 Å². The van der Waals surface area contributed by atoms with Crippen LogP contribution in [0.4, 0.5) is 0 Å². The van der Waals surface area contributed by atoms with Crippen molar-refractivity contribution >= 4 is 46.4 Å². The second kappa shape index (κ2) is 9.40. The highest BCUT2D eigenvalue weighted by atomic mass is 79.9. The van der Waals surface area contributed by atoms with E-state index in [9.17, 15) is 0 Å². The minimum absolute atomic E-state index is 0.103. The van der Waals surface area contributed by atoms with Gasteiger partial charge in [-0.15, -0.1) is 0 Å². The number of epoxide rings is 1. The third-order valence-electron chi connectivity index (χ3n) is 5.49. The number of rotatable bonds is 11. The van der Waals surface area contributed by atoms with Crippen molar-refractivity contribution in [1.29, 1.82) is 0 Å². The number of nitrogens with zero attached hydrogens (tertiary/aromatic N) is 2. The van der Waals surface area contributed by atoms with E-state index in [2.05, 4.69) is 65.6 Å². The molecule has 1 aromatic heterocycles. The molecule has 9 heteroatoms. The Morgan fingerprint density at radius 2 is 2.00 bits per heavy atom. The van der Waals surface area contributed by atoms with Crippen molar-refractivity contribution in [2.45, 2.75) is 52.8 Å². The molecule has 2 unspecified atom stereocenters. The molecule has 2 aromatic rings. The molecule has 156 valence electrons. The maximum Gasteiger partial charge on any atom is 0.161 e. The zero-order valence-corrected chi connectivity index (χ0v) is 21.8. The standard InChI is InChI=1S/C19H31BrN2O4Si2/c1-12(19(2,3)18(25-27-4)26-28-5)9-22-17-13(8-21-22)6-7-15(16(17)20)24-11-14-10-23-14/h6-8,12,14,18H,9-11,27-28H2,1-5H3. The van der Waals surface area contributed by atoms with Crippen LogP contribution in [0, 0.1) is 11.3 Å². The Labute approximate surface area is 180 Å². The summed E-state index contributed by atoms with van der Waals surface area (Å²) in [5, 5.41) is 5.75. The smallest absolute Gasteiger partial charge is 0.161 e. The van der Waals surface area contributed by atoms with E-state index in [1.54, 1.807) is 0 Å². The van der Waals surface area contributed by atoms with E-state index >= 15 is 0 Å². The SMILES string of the molecule is C[SiH2]OC(O[SiH2]C)C(C)(C)C(C)Cn1ncc2ccc(OCC3CO3)c(Br)c21. The summed E-state index contributed by atoms with van der Waals surface area (Å²) < 4.78 is 26.3. The van der Waals surface area contributed by atoms with Crippen molar-refractivity contribution in [1.82, 2.24) is 9.78 Å². The number of halogens is 1. The lowest BCUT2D eigenvalue weighted by atomic mass is 9.79. The van der Waals surface area contributed by atoms with Crippen molar-refractivity contribution in [2.75, 3.05) is 13.2 Å². The Balaban J connectivity index is 1.81. The van der Waals surface area contributed by atoms with Crippen LogP contribution in [0.1, 0.15) is 20.8 Å². The number of hydrogen-bond acceptors (Lipinski definition) is 5. The molecule has 1 saturated heterocycles. The van der Waals surface area contributed by atoms with Crippen LogP contribution >= 0.6 is 15.9 Å². The van der Waals surface area contributed by atoms with E-state index in [4.69, 9.17) is 18.3 Å². The van der Waals surface area contributed by atoms with Gasteiger partial charge in [0.1, 0.15) is 24.8 Å². The molecule has 0 spiro atoms. The fourth-order valence-corrected chi connectivity index (χ4v) is 5.75. The topological polar surface area (TPSA) is 58.0 Å². The first kappa shape index (κ1) is 22.0. The predicted octanol–water partition coefficient (Wildman–Crippen LogP) is 2.86. The molecule has 0 amide bonds. The highest BCUT2D eigenvalue weighted by molar-refractivity contribution is 9.10. The van der Waals surface area contributed by atoms with Gasteiger partial charge in [-0.3, -0.25) is 4.68 Å². The highest BCUT2D eigenvalue weighted by Gasteiger charge is 2.36. The summed E-state index contributed by atoms with van der Waals surface area (Å²) in [6, 6.07) is 4.05. The van der Waals surface area contributed by atoms with Gasteiger partial charge in [-0.2, -0.15) is 5.10 Å². The number of ether oxygens (including phenoxy) is 2. The van der Waals surface area contributed by atoms with E-state index < -0.39 is 19.5 Å². The summed E-state index contributed by atoms with van der Waals surface area (Å²) >= 11 is 3.74. The molecular weight excluding hydrogens is 456 g/mol. The van der Waals surface area contributed by atoms with Crippen LogP contribution in [-0.4, -0.2) is 54.9 Å². The maximum absolute atomic E-state index is 6.06. The van der Waals surface area contributed by atoms with E-state index in [1.165, 1.54) is 0 Å². The quantitative estimate of drug-likeness (QED) is 0.277. The van der Waals surface area contributed by atoms with Gasteiger partial charge >= 0.3 is 0 Å². The minimum atomic E-state index is -0.538. The second-order valence-electron chi connectivity index (χ2n) is 7.87. The number of hydrogen-bond donors (Lipinski definition) is 0. The van der Waals surface area contributed by atoms with E-state index in [0.717, 1.165) is 34.3 Å². The Morgan fingerprint density at radius 3 is 2.61 bits per heavy atom. The third kappa shape index (κ3) is 4.88. The molecule has 1 aliphatic heterocycles. The molecule has 0 radical (unpaired) electrons. The first-order chi connectivity index (χ1) is 13.4. The Bertz CT molecular complexity index is 792. The molecule has 3 rings (SSSR count). The lowest BCUT2D eigenvalue weighted by molar-refractivity contribution is -0.104. The monoisotopic (exact) mass is 486 g/mol. The minimum Gasteiger partial charge on any atom is -0.490 e. The largest absolute Gasteiger partial charge is 0.490 e.